The van der Waals surface area contributed by atoms with E-state index >= 15 is 0 Å². The molecule has 2 N–H and O–H groups in total. The molecule has 3 rings (SSSR count). The number of nitrogens with one attached hydrogen (secondary N) is 1. The Morgan fingerprint density at radius 1 is 1.04 bits per heavy atom. The van der Waals surface area contributed by atoms with Gasteiger partial charge in [0.15, 0.2) is 5.75 Å². The first-order valence-electron chi connectivity index (χ1n) is 8.52. The van der Waals surface area contributed by atoms with Crippen LogP contribution >= 0.6 is 23.2 Å². The Hall–Kier alpha value is -2.21. The standard InChI is InChI=1S/C20H19Cl2NO4/c21-17-2-1-3-18(22)19(17)27-11-10-26-14-6-4-13(5-7-14)15-8-9-23-12-16(15)20(24)25/h1-7,23H,8-12H2,(H,24,25). The van der Waals surface area contributed by atoms with E-state index in [1.165, 1.54) is 0 Å². The van der Waals surface area contributed by atoms with Crippen molar-refractivity contribution < 1.29 is 19.4 Å². The van der Waals surface area contributed by atoms with Gasteiger partial charge in [-0.2, -0.15) is 0 Å². The van der Waals surface area contributed by atoms with Crippen molar-refractivity contribution in [2.75, 3.05) is 26.3 Å². The molecule has 2 aromatic rings. The third kappa shape index (κ3) is 4.95. The fourth-order valence-electron chi connectivity index (χ4n) is 2.88. The molecule has 2 aromatic carbocycles. The Morgan fingerprint density at radius 3 is 2.37 bits per heavy atom. The highest BCUT2D eigenvalue weighted by atomic mass is 35.5. The quantitative estimate of drug-likeness (QED) is 0.670. The maximum Gasteiger partial charge on any atom is 0.333 e. The van der Waals surface area contributed by atoms with E-state index in [0.29, 0.717) is 53.3 Å². The van der Waals surface area contributed by atoms with Gasteiger partial charge in [0.05, 0.1) is 15.6 Å². The van der Waals surface area contributed by atoms with Crippen LogP contribution < -0.4 is 14.8 Å². The van der Waals surface area contributed by atoms with Gasteiger partial charge in [0.2, 0.25) is 0 Å². The van der Waals surface area contributed by atoms with Crippen LogP contribution in [-0.2, 0) is 4.79 Å². The largest absolute Gasteiger partial charge is 0.490 e. The lowest BCUT2D eigenvalue weighted by molar-refractivity contribution is -0.132. The molecule has 0 bridgehead atoms. The van der Waals surface area contributed by atoms with Crippen molar-refractivity contribution in [1.29, 1.82) is 0 Å². The van der Waals surface area contributed by atoms with E-state index in [-0.39, 0.29) is 0 Å². The second-order valence-corrected chi connectivity index (χ2v) is 6.78. The Bertz CT molecular complexity index is 829. The minimum atomic E-state index is -0.882. The Labute approximate surface area is 167 Å². The number of rotatable bonds is 7. The zero-order chi connectivity index (χ0) is 19.2. The number of carbonyl (C=O) groups is 1. The van der Waals surface area contributed by atoms with Gasteiger partial charge >= 0.3 is 5.97 Å². The number of carboxylic acids is 1. The van der Waals surface area contributed by atoms with Crippen LogP contribution in [0.5, 0.6) is 11.5 Å². The molecule has 1 aliphatic heterocycles. The first kappa shape index (κ1) is 19.5. The zero-order valence-electron chi connectivity index (χ0n) is 14.5. The third-order valence-corrected chi connectivity index (χ3v) is 4.79. The lowest BCUT2D eigenvalue weighted by atomic mass is 9.94. The Morgan fingerprint density at radius 2 is 1.70 bits per heavy atom. The topological polar surface area (TPSA) is 67.8 Å². The van der Waals surface area contributed by atoms with E-state index in [1.54, 1.807) is 18.2 Å². The summed E-state index contributed by atoms with van der Waals surface area (Å²) < 4.78 is 11.2. The second kappa shape index (κ2) is 9.13. The summed E-state index contributed by atoms with van der Waals surface area (Å²) >= 11 is 12.1. The van der Waals surface area contributed by atoms with Gasteiger partial charge in [-0.15, -0.1) is 0 Å². The zero-order valence-corrected chi connectivity index (χ0v) is 16.0. The maximum absolute atomic E-state index is 11.4. The molecule has 0 aliphatic carbocycles. The van der Waals surface area contributed by atoms with Crippen LogP contribution in [0, 0.1) is 0 Å². The number of ether oxygens (including phenoxy) is 2. The lowest BCUT2D eigenvalue weighted by Gasteiger charge is -2.19. The summed E-state index contributed by atoms with van der Waals surface area (Å²) in [7, 11) is 0. The highest BCUT2D eigenvalue weighted by Gasteiger charge is 2.19. The molecule has 27 heavy (non-hydrogen) atoms. The average Bonchev–Trinajstić information content (AvgIpc) is 2.67. The van der Waals surface area contributed by atoms with Crippen LogP contribution in [-0.4, -0.2) is 37.4 Å². The van der Waals surface area contributed by atoms with Crippen molar-refractivity contribution in [2.45, 2.75) is 6.42 Å². The summed E-state index contributed by atoms with van der Waals surface area (Å²) in [6, 6.07) is 12.6. The van der Waals surface area contributed by atoms with Crippen molar-refractivity contribution in [3.63, 3.8) is 0 Å². The van der Waals surface area contributed by atoms with Gasteiger partial charge in [0, 0.05) is 6.54 Å². The molecule has 142 valence electrons. The fourth-order valence-corrected chi connectivity index (χ4v) is 3.39. The van der Waals surface area contributed by atoms with Gasteiger partial charge in [-0.3, -0.25) is 0 Å². The second-order valence-electron chi connectivity index (χ2n) is 5.96. The van der Waals surface area contributed by atoms with Crippen LogP contribution in [0.15, 0.2) is 48.0 Å². The number of hydrogen-bond acceptors (Lipinski definition) is 4. The van der Waals surface area contributed by atoms with Crippen molar-refractivity contribution in [3.8, 4) is 11.5 Å². The Kier molecular flexibility index (Phi) is 6.61. The summed E-state index contributed by atoms with van der Waals surface area (Å²) in [6.45, 7) is 1.77. The highest BCUT2D eigenvalue weighted by Crippen LogP contribution is 2.32. The van der Waals surface area contributed by atoms with Crippen molar-refractivity contribution in [2.24, 2.45) is 0 Å². The van der Waals surface area contributed by atoms with Gasteiger partial charge in [0.1, 0.15) is 19.0 Å². The van der Waals surface area contributed by atoms with Crippen LogP contribution in [0.1, 0.15) is 12.0 Å². The number of carboxylic acid groups (broad SMARTS) is 1. The van der Waals surface area contributed by atoms with Gasteiger partial charge in [-0.25, -0.2) is 4.79 Å². The van der Waals surface area contributed by atoms with Gasteiger partial charge in [-0.05, 0) is 48.4 Å². The first-order valence-corrected chi connectivity index (χ1v) is 9.28. The summed E-state index contributed by atoms with van der Waals surface area (Å²) in [6.07, 6.45) is 0.689. The number of para-hydroxylation sites is 1. The minimum absolute atomic E-state index is 0.297. The van der Waals surface area contributed by atoms with Crippen molar-refractivity contribution in [3.05, 3.63) is 63.6 Å². The van der Waals surface area contributed by atoms with Gasteiger partial charge in [0.25, 0.3) is 0 Å². The SMILES string of the molecule is O=C(O)C1=C(c2ccc(OCCOc3c(Cl)cccc3Cl)cc2)CCNC1. The summed E-state index contributed by atoms with van der Waals surface area (Å²) in [4.78, 5) is 11.4. The van der Waals surface area contributed by atoms with E-state index < -0.39 is 5.97 Å². The molecule has 0 saturated carbocycles. The molecule has 5 nitrogen and oxygen atoms in total. The van der Waals surface area contributed by atoms with Crippen LogP contribution in [0.4, 0.5) is 0 Å². The molecule has 0 spiro atoms. The maximum atomic E-state index is 11.4. The van der Waals surface area contributed by atoms with Crippen molar-refractivity contribution >= 4 is 34.7 Å². The number of aliphatic carboxylic acids is 1. The van der Waals surface area contributed by atoms with E-state index in [1.807, 2.05) is 24.3 Å². The van der Waals surface area contributed by atoms with Gasteiger partial charge in [-0.1, -0.05) is 41.4 Å². The Balaban J connectivity index is 1.57. The van der Waals surface area contributed by atoms with Crippen LogP contribution in [0.2, 0.25) is 10.0 Å². The molecule has 7 heteroatoms. The monoisotopic (exact) mass is 407 g/mol. The average molecular weight is 408 g/mol. The molecule has 1 aliphatic rings. The first-order chi connectivity index (χ1) is 13.1. The van der Waals surface area contributed by atoms with E-state index in [2.05, 4.69) is 5.32 Å². The van der Waals surface area contributed by atoms with Crippen LogP contribution in [0.3, 0.4) is 0 Å². The number of benzene rings is 2. The molecule has 0 radical (unpaired) electrons. The number of halogens is 2. The highest BCUT2D eigenvalue weighted by molar-refractivity contribution is 6.37. The molecule has 0 atom stereocenters. The third-order valence-electron chi connectivity index (χ3n) is 4.20. The molecular formula is C20H19Cl2NO4. The number of hydrogen-bond donors (Lipinski definition) is 2. The summed E-state index contributed by atoms with van der Waals surface area (Å²) in [5.41, 5.74) is 2.18. The summed E-state index contributed by atoms with van der Waals surface area (Å²) in [5, 5.41) is 13.3. The molecule has 0 unspecified atom stereocenters. The predicted octanol–water partition coefficient (Wildman–Crippen LogP) is 4.28. The molecule has 0 aromatic heterocycles. The summed E-state index contributed by atoms with van der Waals surface area (Å²) in [5.74, 6) is 0.241. The van der Waals surface area contributed by atoms with Crippen LogP contribution in [0.25, 0.3) is 5.57 Å². The van der Waals surface area contributed by atoms with E-state index in [9.17, 15) is 9.90 Å². The normalized spacial score (nSPS) is 14.1. The molecule has 1 heterocycles. The van der Waals surface area contributed by atoms with E-state index in [4.69, 9.17) is 32.7 Å². The molecule has 0 amide bonds. The molecular weight excluding hydrogens is 389 g/mol. The fraction of sp³-hybridized carbons (Fsp3) is 0.250. The lowest BCUT2D eigenvalue weighted by Crippen LogP contribution is -2.28. The molecule has 0 saturated heterocycles. The predicted molar refractivity (Wildman–Crippen MR) is 106 cm³/mol. The van der Waals surface area contributed by atoms with Gasteiger partial charge < -0.3 is 19.9 Å². The molecule has 0 fully saturated rings. The van der Waals surface area contributed by atoms with Crippen molar-refractivity contribution in [1.82, 2.24) is 5.32 Å². The smallest absolute Gasteiger partial charge is 0.333 e. The minimum Gasteiger partial charge on any atom is -0.490 e. The van der Waals surface area contributed by atoms with E-state index in [0.717, 1.165) is 17.7 Å².